The van der Waals surface area contributed by atoms with Crippen LogP contribution in [0.4, 0.5) is 10.6 Å². The Morgan fingerprint density at radius 2 is 1.35 bits per heavy atom. The summed E-state index contributed by atoms with van der Waals surface area (Å²) >= 11 is 0. The number of phenolic OH excluding ortho intramolecular Hbond substituents is 6. The van der Waals surface area contributed by atoms with Gasteiger partial charge in [0, 0.05) is 39.4 Å². The number of furan rings is 1. The average Bonchev–Trinajstić information content (AvgIpc) is 3.79. The number of hydroxylamine groups is 1. The number of phenols is 6. The molecule has 0 bridgehead atoms. The number of anilines is 1. The molecular weight excluding hydrogens is 847 g/mol. The first-order valence-electron chi connectivity index (χ1n) is 18.7. The third kappa shape index (κ3) is 12.9. The van der Waals surface area contributed by atoms with Crippen LogP contribution >= 0.6 is 7.82 Å². The molecular formula is C36H47N8O17P. The fourth-order valence-electron chi connectivity index (χ4n) is 5.57. The number of nitrogens with one attached hydrogen (secondary N) is 2. The van der Waals surface area contributed by atoms with Crippen LogP contribution in [0.25, 0.3) is 17.0 Å². The molecule has 25 nitrogen and oxygen atoms in total. The van der Waals surface area contributed by atoms with Gasteiger partial charge in [0.25, 0.3) is 5.88 Å². The summed E-state index contributed by atoms with van der Waals surface area (Å²) in [4.78, 5) is 36.3. The van der Waals surface area contributed by atoms with E-state index in [1.807, 2.05) is 0 Å². The Hall–Kier alpha value is -6.31. The number of hydrogen-bond donors (Lipinski definition) is 12. The number of benzene rings is 2. The summed E-state index contributed by atoms with van der Waals surface area (Å²) in [5.41, 5.74) is 9.21. The van der Waals surface area contributed by atoms with E-state index in [1.165, 1.54) is 46.4 Å². The van der Waals surface area contributed by atoms with Crippen LogP contribution in [-0.4, -0.2) is 135 Å². The summed E-state index contributed by atoms with van der Waals surface area (Å²) in [6, 6.07) is 4.40. The lowest BCUT2D eigenvalue weighted by molar-refractivity contribution is 0.0123. The number of nitrogens with zero attached hydrogens (tertiary/aromatic N) is 5. The number of ether oxygens (including phenoxy) is 3. The molecule has 0 aliphatic rings. The van der Waals surface area contributed by atoms with Crippen molar-refractivity contribution in [3.8, 4) is 51.9 Å². The molecule has 26 heteroatoms. The van der Waals surface area contributed by atoms with Gasteiger partial charge in [-0.15, -0.1) is 0 Å². The zero-order chi connectivity index (χ0) is 44.8. The van der Waals surface area contributed by atoms with Crippen molar-refractivity contribution in [2.24, 2.45) is 0 Å². The van der Waals surface area contributed by atoms with E-state index in [-0.39, 0.29) is 94.3 Å². The van der Waals surface area contributed by atoms with E-state index in [9.17, 15) is 55.1 Å². The fraction of sp³-hybridized carbons (Fsp3) is 0.389. The lowest BCUT2D eigenvalue weighted by atomic mass is 10.1. The second kappa shape index (κ2) is 22.0. The number of urea groups is 1. The van der Waals surface area contributed by atoms with Crippen molar-refractivity contribution < 1.29 is 82.9 Å². The summed E-state index contributed by atoms with van der Waals surface area (Å²) in [5.74, 6) is -5.58. The largest absolute Gasteiger partial charge is 0.504 e. The molecule has 0 aliphatic carbocycles. The zero-order valence-electron chi connectivity index (χ0n) is 32.9. The number of hydrogen-bond acceptors (Lipinski definition) is 21. The molecule has 62 heavy (non-hydrogen) atoms. The van der Waals surface area contributed by atoms with Gasteiger partial charge in [-0.3, -0.25) is 4.52 Å². The second-order valence-electron chi connectivity index (χ2n) is 13.2. The number of amides is 2. The van der Waals surface area contributed by atoms with Crippen LogP contribution in [0.15, 0.2) is 41.3 Å². The van der Waals surface area contributed by atoms with Crippen LogP contribution in [0.1, 0.15) is 29.7 Å². The molecule has 0 saturated carbocycles. The van der Waals surface area contributed by atoms with Gasteiger partial charge in [0.2, 0.25) is 11.5 Å². The first kappa shape index (κ1) is 46.8. The van der Waals surface area contributed by atoms with Gasteiger partial charge in [-0.25, -0.2) is 28.9 Å². The molecule has 2 amide bonds. The molecule has 5 aromatic rings. The molecule has 0 aliphatic heterocycles. The maximum absolute atomic E-state index is 13.1. The predicted molar refractivity (Wildman–Crippen MR) is 212 cm³/mol. The van der Waals surface area contributed by atoms with Crippen molar-refractivity contribution in [1.82, 2.24) is 35.2 Å². The quantitative estimate of drug-likeness (QED) is 0.0173. The van der Waals surface area contributed by atoms with Crippen molar-refractivity contribution in [1.29, 1.82) is 0 Å². The molecule has 0 fully saturated rings. The number of phosphoric ester groups is 1. The van der Waals surface area contributed by atoms with Gasteiger partial charge < -0.3 is 80.3 Å². The van der Waals surface area contributed by atoms with Crippen LogP contribution in [0, 0.1) is 0 Å². The fourth-order valence-corrected chi connectivity index (χ4v) is 6.15. The third-order valence-corrected chi connectivity index (χ3v) is 9.49. The monoisotopic (exact) mass is 894 g/mol. The summed E-state index contributed by atoms with van der Waals surface area (Å²) in [7, 11) is -4.67. The van der Waals surface area contributed by atoms with E-state index in [0.717, 1.165) is 0 Å². The molecule has 1 unspecified atom stereocenters. The van der Waals surface area contributed by atoms with Crippen molar-refractivity contribution in [3.05, 3.63) is 53.8 Å². The number of nitrogen functional groups attached to an aromatic ring is 1. The minimum Gasteiger partial charge on any atom is -0.504 e. The lowest BCUT2D eigenvalue weighted by Crippen LogP contribution is -2.41. The van der Waals surface area contributed by atoms with Crippen molar-refractivity contribution >= 4 is 30.8 Å². The highest BCUT2D eigenvalue weighted by atomic mass is 31.2. The molecule has 1 atom stereocenters. The number of rotatable bonds is 25. The summed E-state index contributed by atoms with van der Waals surface area (Å²) in [6.45, 7) is 1.26. The maximum atomic E-state index is 13.1. The van der Waals surface area contributed by atoms with Gasteiger partial charge in [-0.1, -0.05) is 0 Å². The highest BCUT2D eigenvalue weighted by molar-refractivity contribution is 7.47. The maximum Gasteiger partial charge on any atom is 0.489 e. The topological polar surface area (TPSA) is 372 Å². The normalized spacial score (nSPS) is 12.5. The minimum atomic E-state index is -4.67. The van der Waals surface area contributed by atoms with E-state index >= 15 is 0 Å². The Labute approximate surface area is 351 Å². The highest BCUT2D eigenvalue weighted by Gasteiger charge is 2.28. The molecule has 5 rings (SSSR count). The van der Waals surface area contributed by atoms with Crippen LogP contribution in [0.2, 0.25) is 0 Å². The number of aromatic nitrogens is 4. The van der Waals surface area contributed by atoms with E-state index in [1.54, 1.807) is 0 Å². The summed E-state index contributed by atoms with van der Waals surface area (Å²) in [5, 5.41) is 82.2. The van der Waals surface area contributed by atoms with E-state index in [0.29, 0.717) is 30.6 Å². The van der Waals surface area contributed by atoms with Crippen molar-refractivity contribution in [2.75, 3.05) is 65.0 Å². The first-order chi connectivity index (χ1) is 29.6. The third-order valence-electron chi connectivity index (χ3n) is 8.67. The van der Waals surface area contributed by atoms with Crippen molar-refractivity contribution in [3.63, 3.8) is 0 Å². The van der Waals surface area contributed by atoms with Crippen LogP contribution in [0.3, 0.4) is 0 Å². The molecule has 3 heterocycles. The van der Waals surface area contributed by atoms with E-state index < -0.39 is 66.5 Å². The number of phosphoric acid groups is 1. The minimum absolute atomic E-state index is 0.0709. The highest BCUT2D eigenvalue weighted by Crippen LogP contribution is 2.46. The van der Waals surface area contributed by atoms with Crippen LogP contribution in [-0.2, 0) is 47.5 Å². The van der Waals surface area contributed by atoms with Gasteiger partial charge in [-0.2, -0.15) is 10.1 Å². The van der Waals surface area contributed by atoms with Gasteiger partial charge in [0.1, 0.15) is 19.3 Å². The first-order valence-corrected chi connectivity index (χ1v) is 20.2. The molecule has 3 aromatic heterocycles. The molecule has 0 spiro atoms. The smallest absolute Gasteiger partial charge is 0.489 e. The summed E-state index contributed by atoms with van der Waals surface area (Å²) < 4.78 is 45.0. The number of aromatic hydroxyl groups is 8. The van der Waals surface area contributed by atoms with E-state index in [2.05, 4.69) is 25.7 Å². The second-order valence-corrected chi connectivity index (χ2v) is 14.6. The van der Waals surface area contributed by atoms with Gasteiger partial charge >= 0.3 is 13.9 Å². The number of carbonyl (C=O) groups excluding carboxylic acids is 1. The van der Waals surface area contributed by atoms with Crippen LogP contribution in [0.5, 0.6) is 46.0 Å². The average molecular weight is 895 g/mol. The standard InChI is InChI=1S/C36H47N8O17P/c37-33-28-34(40-19-39-33)44(20-41-28)35-32(52)31(51)27(60-35)18-59-62(54,55)61-42-5-2-8-57-10-12-58-11-9-56-7-1-4-38-36(53)43(17-22-15-25(47)30(50)26(48)16-22)6-3-21-13-23(45)29(49)24(46)14-21/h13-16,19-20,42,45-52H,1-12,17-18H2,(H,38,53)(H,54,55)(H2,37,39,40). The van der Waals surface area contributed by atoms with Gasteiger partial charge in [-0.05, 0) is 54.7 Å². The molecule has 13 N–H and O–H groups in total. The number of carbonyl (C=O) groups is 1. The number of fused-ring (bicyclic) bond motifs is 1. The van der Waals surface area contributed by atoms with Gasteiger partial charge in [0.15, 0.2) is 57.2 Å². The summed E-state index contributed by atoms with van der Waals surface area (Å²) in [6.07, 6.45) is 3.40. The molecule has 0 saturated heterocycles. The number of imidazole rings is 1. The predicted octanol–water partition coefficient (Wildman–Crippen LogP) is 2.06. The Kier molecular flexibility index (Phi) is 16.6. The molecule has 2 aromatic carbocycles. The number of nitrogens with two attached hydrogens (primary N) is 1. The Morgan fingerprint density at radius 3 is 1.98 bits per heavy atom. The van der Waals surface area contributed by atoms with E-state index in [4.69, 9.17) is 33.5 Å². The zero-order valence-corrected chi connectivity index (χ0v) is 33.8. The SMILES string of the molecule is Nc1ncnc2c1ncn2-c1oc(COP(=O)(O)ONCCCOCCOCCOCCCNC(=O)N(CCc2cc(O)c(O)c(O)c2)Cc2cc(O)c(O)c(O)c2)c(O)c1O. The Morgan fingerprint density at radius 1 is 0.774 bits per heavy atom. The molecule has 338 valence electrons. The van der Waals surface area contributed by atoms with Crippen LogP contribution < -0.4 is 16.5 Å². The lowest BCUT2D eigenvalue weighted by Gasteiger charge is -2.24. The Bertz CT molecular complexity index is 2280. The Balaban J connectivity index is 0.891. The van der Waals surface area contributed by atoms with Crippen molar-refractivity contribution in [2.45, 2.75) is 32.4 Å². The van der Waals surface area contributed by atoms with Gasteiger partial charge in [0.05, 0.1) is 26.4 Å². The molecule has 0 radical (unpaired) electrons.